The summed E-state index contributed by atoms with van der Waals surface area (Å²) in [5.41, 5.74) is 3.00. The summed E-state index contributed by atoms with van der Waals surface area (Å²) in [6, 6.07) is 5.82. The molecule has 0 saturated carbocycles. The highest BCUT2D eigenvalue weighted by Crippen LogP contribution is 2.23. The summed E-state index contributed by atoms with van der Waals surface area (Å²) < 4.78 is 0. The van der Waals surface area contributed by atoms with Crippen LogP contribution in [-0.2, 0) is 0 Å². The van der Waals surface area contributed by atoms with Gasteiger partial charge in [-0.15, -0.1) is 0 Å². The van der Waals surface area contributed by atoms with E-state index in [4.69, 9.17) is 0 Å². The lowest BCUT2D eigenvalue weighted by molar-refractivity contribution is 1.28. The highest BCUT2D eigenvalue weighted by Gasteiger charge is 2.03. The van der Waals surface area contributed by atoms with Crippen LogP contribution in [0.5, 0.6) is 0 Å². The van der Waals surface area contributed by atoms with Gasteiger partial charge in [-0.3, -0.25) is 0 Å². The number of aromatic amines is 1. The standard InChI is InChI=1S/C11H9N3S/c1-8-6-9(14-7-15)2-3-10(8)11-12-4-5-13-11/h2-6H,1H3,(H,12,13). The average Bonchev–Trinajstić information content (AvgIpc) is 2.71. The highest BCUT2D eigenvalue weighted by molar-refractivity contribution is 7.78. The number of thiocarbonyl (C=S) groups is 1. The van der Waals surface area contributed by atoms with Gasteiger partial charge in [0, 0.05) is 18.0 Å². The van der Waals surface area contributed by atoms with Gasteiger partial charge in [-0.05, 0) is 42.9 Å². The number of imidazole rings is 1. The van der Waals surface area contributed by atoms with Gasteiger partial charge in [-0.2, -0.15) is 4.99 Å². The zero-order valence-corrected chi connectivity index (χ0v) is 9.01. The third-order valence-electron chi connectivity index (χ3n) is 2.14. The van der Waals surface area contributed by atoms with Gasteiger partial charge in [-0.25, -0.2) is 4.98 Å². The van der Waals surface area contributed by atoms with Crippen LogP contribution in [0.2, 0.25) is 0 Å². The number of aromatic nitrogens is 2. The molecule has 0 aliphatic heterocycles. The van der Waals surface area contributed by atoms with Crippen molar-refractivity contribution in [1.82, 2.24) is 9.97 Å². The fraction of sp³-hybridized carbons (Fsp3) is 0.0909. The number of benzene rings is 1. The summed E-state index contributed by atoms with van der Waals surface area (Å²) in [4.78, 5) is 11.2. The molecule has 74 valence electrons. The normalized spacial score (nSPS) is 9.67. The van der Waals surface area contributed by atoms with Crippen LogP contribution in [0.3, 0.4) is 0 Å². The Morgan fingerprint density at radius 2 is 2.33 bits per heavy atom. The monoisotopic (exact) mass is 215 g/mol. The number of aliphatic imine (C=N–C) groups is 1. The molecule has 3 nitrogen and oxygen atoms in total. The number of isothiocyanates is 1. The van der Waals surface area contributed by atoms with Crippen LogP contribution < -0.4 is 0 Å². The number of hydrogen-bond donors (Lipinski definition) is 1. The van der Waals surface area contributed by atoms with Gasteiger partial charge < -0.3 is 4.98 Å². The van der Waals surface area contributed by atoms with Crippen LogP contribution in [0.25, 0.3) is 11.4 Å². The summed E-state index contributed by atoms with van der Waals surface area (Å²) in [5.74, 6) is 0.866. The van der Waals surface area contributed by atoms with Crippen LogP contribution in [0.15, 0.2) is 35.6 Å². The number of H-pyrrole nitrogens is 1. The zero-order valence-electron chi connectivity index (χ0n) is 8.19. The fourth-order valence-corrected chi connectivity index (χ4v) is 1.55. The fourth-order valence-electron chi connectivity index (χ4n) is 1.45. The number of nitrogens with zero attached hydrogens (tertiary/aromatic N) is 2. The van der Waals surface area contributed by atoms with Crippen LogP contribution in [-0.4, -0.2) is 15.1 Å². The summed E-state index contributed by atoms with van der Waals surface area (Å²) in [5, 5.41) is 2.35. The number of nitrogens with one attached hydrogen (secondary N) is 1. The van der Waals surface area contributed by atoms with Crippen molar-refractivity contribution >= 4 is 23.1 Å². The molecular formula is C11H9N3S. The maximum absolute atomic E-state index is 4.55. The number of rotatable bonds is 2. The molecule has 0 spiro atoms. The Morgan fingerprint density at radius 3 is 2.93 bits per heavy atom. The molecule has 0 aliphatic carbocycles. The highest BCUT2D eigenvalue weighted by atomic mass is 32.1. The minimum absolute atomic E-state index is 0.817. The molecule has 0 saturated heterocycles. The topological polar surface area (TPSA) is 41.0 Å². The molecule has 1 heterocycles. The second-order valence-corrected chi connectivity index (χ2v) is 3.32. The number of aryl methyl sites for hydroxylation is 1. The molecule has 1 N–H and O–H groups in total. The first-order chi connectivity index (χ1) is 7.31. The Kier molecular flexibility index (Phi) is 2.72. The van der Waals surface area contributed by atoms with E-state index in [-0.39, 0.29) is 0 Å². The van der Waals surface area contributed by atoms with Gasteiger partial charge in [0.25, 0.3) is 0 Å². The Hall–Kier alpha value is -1.77. The second-order valence-electron chi connectivity index (χ2n) is 3.14. The minimum Gasteiger partial charge on any atom is -0.345 e. The van der Waals surface area contributed by atoms with Gasteiger partial charge in [0.2, 0.25) is 0 Å². The van der Waals surface area contributed by atoms with E-state index in [1.54, 1.807) is 12.4 Å². The molecule has 0 aliphatic rings. The average molecular weight is 215 g/mol. The molecule has 1 aromatic heterocycles. The van der Waals surface area contributed by atoms with Gasteiger partial charge in [0.05, 0.1) is 10.8 Å². The lowest BCUT2D eigenvalue weighted by Gasteiger charge is -2.02. The van der Waals surface area contributed by atoms with Crippen LogP contribution in [0, 0.1) is 6.92 Å². The van der Waals surface area contributed by atoms with E-state index in [1.165, 1.54) is 0 Å². The SMILES string of the molecule is Cc1cc(N=C=S)ccc1-c1ncc[nH]1. The molecule has 0 amide bonds. The summed E-state index contributed by atoms with van der Waals surface area (Å²) >= 11 is 4.55. The van der Waals surface area contributed by atoms with Crippen molar-refractivity contribution in [1.29, 1.82) is 0 Å². The van der Waals surface area contributed by atoms with Gasteiger partial charge in [0.15, 0.2) is 0 Å². The van der Waals surface area contributed by atoms with E-state index < -0.39 is 0 Å². The predicted molar refractivity (Wildman–Crippen MR) is 63.4 cm³/mol. The molecule has 0 unspecified atom stereocenters. The quantitative estimate of drug-likeness (QED) is 0.617. The zero-order chi connectivity index (χ0) is 10.7. The van der Waals surface area contributed by atoms with Crippen molar-refractivity contribution in [3.05, 3.63) is 36.2 Å². The molecule has 2 rings (SSSR count). The van der Waals surface area contributed by atoms with Crippen LogP contribution >= 0.6 is 12.2 Å². The molecular weight excluding hydrogens is 206 g/mol. The molecule has 4 heteroatoms. The lowest BCUT2D eigenvalue weighted by Crippen LogP contribution is -1.84. The van der Waals surface area contributed by atoms with Crippen LogP contribution in [0.1, 0.15) is 5.56 Å². The third-order valence-corrected chi connectivity index (χ3v) is 2.23. The van der Waals surface area contributed by atoms with E-state index in [0.29, 0.717) is 0 Å². The summed E-state index contributed by atoms with van der Waals surface area (Å²) in [6.45, 7) is 2.01. The van der Waals surface area contributed by atoms with Crippen LogP contribution in [0.4, 0.5) is 5.69 Å². The first kappa shape index (κ1) is 9.77. The molecule has 0 atom stereocenters. The Balaban J connectivity index is 2.48. The molecule has 0 fully saturated rings. The minimum atomic E-state index is 0.817. The maximum Gasteiger partial charge on any atom is 0.137 e. The first-order valence-corrected chi connectivity index (χ1v) is 4.90. The van der Waals surface area contributed by atoms with Gasteiger partial charge in [-0.1, -0.05) is 0 Å². The largest absolute Gasteiger partial charge is 0.345 e. The Labute approximate surface area is 92.9 Å². The van der Waals surface area contributed by atoms with E-state index in [2.05, 4.69) is 32.3 Å². The van der Waals surface area contributed by atoms with Crippen molar-refractivity contribution in [2.24, 2.45) is 4.99 Å². The predicted octanol–water partition coefficient (Wildman–Crippen LogP) is 3.12. The molecule has 0 bridgehead atoms. The van der Waals surface area contributed by atoms with E-state index in [9.17, 15) is 0 Å². The van der Waals surface area contributed by atoms with Gasteiger partial charge >= 0.3 is 0 Å². The number of hydrogen-bond acceptors (Lipinski definition) is 3. The summed E-state index contributed by atoms with van der Waals surface area (Å²) in [7, 11) is 0. The lowest BCUT2D eigenvalue weighted by atomic mass is 10.1. The molecule has 0 radical (unpaired) electrons. The van der Waals surface area contributed by atoms with Crippen molar-refractivity contribution in [2.75, 3.05) is 0 Å². The van der Waals surface area contributed by atoms with E-state index >= 15 is 0 Å². The molecule has 15 heavy (non-hydrogen) atoms. The summed E-state index contributed by atoms with van der Waals surface area (Å²) in [6.07, 6.45) is 3.54. The van der Waals surface area contributed by atoms with E-state index in [1.807, 2.05) is 25.1 Å². The maximum atomic E-state index is 4.55. The van der Waals surface area contributed by atoms with Gasteiger partial charge in [0.1, 0.15) is 5.82 Å². The molecule has 1 aromatic carbocycles. The van der Waals surface area contributed by atoms with Crippen molar-refractivity contribution < 1.29 is 0 Å². The second kappa shape index (κ2) is 4.17. The van der Waals surface area contributed by atoms with Crippen molar-refractivity contribution in [3.63, 3.8) is 0 Å². The van der Waals surface area contributed by atoms with Crippen molar-refractivity contribution in [2.45, 2.75) is 6.92 Å². The smallest absolute Gasteiger partial charge is 0.137 e. The van der Waals surface area contributed by atoms with E-state index in [0.717, 1.165) is 22.6 Å². The Morgan fingerprint density at radius 1 is 1.47 bits per heavy atom. The first-order valence-electron chi connectivity index (χ1n) is 4.49. The third kappa shape index (κ3) is 2.01. The molecule has 2 aromatic rings. The Bertz CT molecular complexity index is 511. The van der Waals surface area contributed by atoms with Crippen molar-refractivity contribution in [3.8, 4) is 11.4 Å².